The smallest absolute Gasteiger partial charge is 0.313 e. The Morgan fingerprint density at radius 2 is 2.17 bits per heavy atom. The van der Waals surface area contributed by atoms with Crippen LogP contribution in [0.15, 0.2) is 12.1 Å². The molecule has 1 aliphatic heterocycles. The zero-order valence-corrected chi connectivity index (χ0v) is 14.4. The summed E-state index contributed by atoms with van der Waals surface area (Å²) in [5.41, 5.74) is -1.03. The predicted octanol–water partition coefficient (Wildman–Crippen LogP) is 1.53. The third-order valence-corrected chi connectivity index (χ3v) is 5.96. The van der Waals surface area contributed by atoms with Crippen LogP contribution in [0.3, 0.4) is 0 Å². The molecule has 2 heterocycles. The Labute approximate surface area is 145 Å². The van der Waals surface area contributed by atoms with Crippen LogP contribution in [-0.2, 0) is 11.3 Å². The second kappa shape index (κ2) is 7.24. The van der Waals surface area contributed by atoms with Crippen molar-refractivity contribution in [2.75, 3.05) is 19.7 Å². The standard InChI is InChI=1S/C18H23NO4S/c20-9-1-2-14-5-6-15(24-14)11-19-8-7-16(21)18(12-19,17(22)23)10-13-3-4-13/h5-6,13,16,20-21H,3-4,7-12H2,(H,22,23)/t16-,18+/m1/s1. The highest BCUT2D eigenvalue weighted by molar-refractivity contribution is 7.12. The number of hydrogen-bond donors (Lipinski definition) is 3. The van der Waals surface area contributed by atoms with Crippen molar-refractivity contribution < 1.29 is 20.1 Å². The molecule has 130 valence electrons. The van der Waals surface area contributed by atoms with Crippen molar-refractivity contribution in [3.8, 4) is 11.8 Å². The van der Waals surface area contributed by atoms with Gasteiger partial charge >= 0.3 is 5.97 Å². The highest BCUT2D eigenvalue weighted by Crippen LogP contribution is 2.45. The van der Waals surface area contributed by atoms with Gasteiger partial charge in [-0.2, -0.15) is 0 Å². The van der Waals surface area contributed by atoms with Crippen LogP contribution in [-0.4, -0.2) is 52.0 Å². The number of thiophene rings is 1. The molecule has 0 radical (unpaired) electrons. The second-order valence-corrected chi connectivity index (χ2v) is 8.02. The Morgan fingerprint density at radius 3 is 2.83 bits per heavy atom. The highest BCUT2D eigenvalue weighted by atomic mass is 32.1. The Kier molecular flexibility index (Phi) is 5.26. The van der Waals surface area contributed by atoms with Gasteiger partial charge in [0.1, 0.15) is 12.0 Å². The second-order valence-electron chi connectivity index (χ2n) is 6.85. The molecule has 0 unspecified atom stereocenters. The van der Waals surface area contributed by atoms with Gasteiger partial charge in [0.15, 0.2) is 0 Å². The van der Waals surface area contributed by atoms with Gasteiger partial charge in [0, 0.05) is 24.5 Å². The number of carbonyl (C=O) groups is 1. The molecule has 1 aliphatic carbocycles. The number of nitrogens with zero attached hydrogens (tertiary/aromatic N) is 1. The number of carboxylic acid groups (broad SMARTS) is 1. The van der Waals surface area contributed by atoms with E-state index in [0.717, 1.165) is 22.6 Å². The number of aliphatic hydroxyl groups is 2. The van der Waals surface area contributed by atoms with E-state index < -0.39 is 17.5 Å². The van der Waals surface area contributed by atoms with Crippen LogP contribution in [0, 0.1) is 23.2 Å². The maximum atomic E-state index is 11.9. The molecule has 0 bridgehead atoms. The molecule has 0 spiro atoms. The van der Waals surface area contributed by atoms with Gasteiger partial charge in [-0.25, -0.2) is 0 Å². The molecule has 0 amide bonds. The third kappa shape index (κ3) is 3.81. The largest absolute Gasteiger partial charge is 0.481 e. The lowest BCUT2D eigenvalue weighted by Gasteiger charge is -2.43. The molecule has 2 atom stereocenters. The van der Waals surface area contributed by atoms with Gasteiger partial charge < -0.3 is 15.3 Å². The molecule has 1 aromatic rings. The maximum absolute atomic E-state index is 11.9. The molecular weight excluding hydrogens is 326 g/mol. The number of hydrogen-bond acceptors (Lipinski definition) is 5. The number of piperidine rings is 1. The van der Waals surface area contributed by atoms with Crippen LogP contribution >= 0.6 is 11.3 Å². The zero-order chi connectivity index (χ0) is 17.2. The van der Waals surface area contributed by atoms with E-state index in [-0.39, 0.29) is 6.61 Å². The lowest BCUT2D eigenvalue weighted by atomic mass is 9.73. The average molecular weight is 349 g/mol. The van der Waals surface area contributed by atoms with Gasteiger partial charge in [-0.1, -0.05) is 24.7 Å². The van der Waals surface area contributed by atoms with Crippen LogP contribution in [0.5, 0.6) is 0 Å². The predicted molar refractivity (Wildman–Crippen MR) is 91.6 cm³/mol. The fourth-order valence-corrected chi connectivity index (χ4v) is 4.44. The minimum atomic E-state index is -1.03. The molecule has 24 heavy (non-hydrogen) atoms. The summed E-state index contributed by atoms with van der Waals surface area (Å²) in [5.74, 6) is 5.12. The number of likely N-dealkylation sites (tertiary alicyclic amines) is 1. The Morgan fingerprint density at radius 1 is 1.38 bits per heavy atom. The number of carboxylic acids is 1. The zero-order valence-electron chi connectivity index (χ0n) is 13.6. The first-order valence-electron chi connectivity index (χ1n) is 8.36. The van der Waals surface area contributed by atoms with Crippen molar-refractivity contribution in [1.82, 2.24) is 4.90 Å². The summed E-state index contributed by atoms with van der Waals surface area (Å²) in [6.45, 7) is 1.63. The van der Waals surface area contributed by atoms with E-state index in [2.05, 4.69) is 16.7 Å². The van der Waals surface area contributed by atoms with Crippen LogP contribution < -0.4 is 0 Å². The van der Waals surface area contributed by atoms with Crippen molar-refractivity contribution in [2.45, 2.75) is 38.3 Å². The Balaban J connectivity index is 1.70. The fraction of sp³-hybridized carbons (Fsp3) is 0.611. The summed E-state index contributed by atoms with van der Waals surface area (Å²) >= 11 is 1.57. The summed E-state index contributed by atoms with van der Waals surface area (Å²) in [7, 11) is 0. The van der Waals surface area contributed by atoms with Crippen LogP contribution in [0.4, 0.5) is 0 Å². The summed E-state index contributed by atoms with van der Waals surface area (Å²) < 4.78 is 0. The fourth-order valence-electron chi connectivity index (χ4n) is 3.51. The van der Waals surface area contributed by atoms with Crippen LogP contribution in [0.2, 0.25) is 0 Å². The summed E-state index contributed by atoms with van der Waals surface area (Å²) in [5, 5.41) is 29.0. The SMILES string of the molecule is O=C(O)[C@@]1(CC2CC2)CN(Cc2ccc(C#CCO)s2)CC[C@H]1O. The number of rotatable bonds is 5. The van der Waals surface area contributed by atoms with Crippen molar-refractivity contribution in [2.24, 2.45) is 11.3 Å². The monoisotopic (exact) mass is 349 g/mol. The van der Waals surface area contributed by atoms with Gasteiger partial charge in [-0.05, 0) is 30.9 Å². The highest BCUT2D eigenvalue weighted by Gasteiger charge is 2.51. The first kappa shape index (κ1) is 17.4. The van der Waals surface area contributed by atoms with Gasteiger partial charge in [-0.3, -0.25) is 9.69 Å². The van der Waals surface area contributed by atoms with E-state index in [1.54, 1.807) is 11.3 Å². The Hall–Kier alpha value is -1.39. The molecule has 0 aromatic carbocycles. The van der Waals surface area contributed by atoms with Crippen molar-refractivity contribution in [1.29, 1.82) is 0 Å². The lowest BCUT2D eigenvalue weighted by molar-refractivity contribution is -0.165. The lowest BCUT2D eigenvalue weighted by Crippen LogP contribution is -2.55. The molecule has 6 heteroatoms. The van der Waals surface area contributed by atoms with E-state index in [1.165, 1.54) is 0 Å². The molecule has 3 N–H and O–H groups in total. The average Bonchev–Trinajstić information content (AvgIpc) is 3.25. The summed E-state index contributed by atoms with van der Waals surface area (Å²) in [4.78, 5) is 16.1. The topological polar surface area (TPSA) is 81.0 Å². The minimum Gasteiger partial charge on any atom is -0.481 e. The van der Waals surface area contributed by atoms with Crippen molar-refractivity contribution >= 4 is 17.3 Å². The molecule has 2 fully saturated rings. The van der Waals surface area contributed by atoms with E-state index in [4.69, 9.17) is 5.11 Å². The van der Waals surface area contributed by atoms with Crippen molar-refractivity contribution in [3.63, 3.8) is 0 Å². The first-order chi connectivity index (χ1) is 11.5. The molecule has 5 nitrogen and oxygen atoms in total. The molecule has 1 saturated heterocycles. The quantitative estimate of drug-likeness (QED) is 0.703. The number of aliphatic carboxylic acids is 1. The third-order valence-electron chi connectivity index (χ3n) is 4.97. The van der Waals surface area contributed by atoms with Crippen molar-refractivity contribution in [3.05, 3.63) is 21.9 Å². The maximum Gasteiger partial charge on any atom is 0.313 e. The normalized spacial score (nSPS) is 27.5. The van der Waals surface area contributed by atoms with E-state index in [1.807, 2.05) is 12.1 Å². The van der Waals surface area contributed by atoms with Gasteiger partial charge in [0.2, 0.25) is 0 Å². The van der Waals surface area contributed by atoms with Gasteiger partial charge in [0.25, 0.3) is 0 Å². The molecule has 2 aliphatic rings. The summed E-state index contributed by atoms with van der Waals surface area (Å²) in [6.07, 6.45) is 2.49. The van der Waals surface area contributed by atoms with Gasteiger partial charge in [0.05, 0.1) is 11.0 Å². The van der Waals surface area contributed by atoms with Gasteiger partial charge in [-0.15, -0.1) is 11.3 Å². The minimum absolute atomic E-state index is 0.153. The molecular formula is C18H23NO4S. The Bertz CT molecular complexity index is 657. The molecule has 3 rings (SSSR count). The van der Waals surface area contributed by atoms with E-state index in [9.17, 15) is 15.0 Å². The first-order valence-corrected chi connectivity index (χ1v) is 9.17. The molecule has 1 aromatic heterocycles. The summed E-state index contributed by atoms with van der Waals surface area (Å²) in [6, 6.07) is 3.93. The van der Waals surface area contributed by atoms with Crippen LogP contribution in [0.25, 0.3) is 0 Å². The number of aliphatic hydroxyl groups excluding tert-OH is 2. The van der Waals surface area contributed by atoms with Crippen LogP contribution in [0.1, 0.15) is 35.4 Å². The van der Waals surface area contributed by atoms with E-state index >= 15 is 0 Å². The van der Waals surface area contributed by atoms with E-state index in [0.29, 0.717) is 38.4 Å². The molecule has 1 saturated carbocycles.